The van der Waals surface area contributed by atoms with E-state index < -0.39 is 0 Å². The van der Waals surface area contributed by atoms with E-state index in [4.69, 9.17) is 17.4 Å². The number of nitrogens with zero attached hydrogens (tertiary/aromatic N) is 1. The van der Waals surface area contributed by atoms with E-state index in [9.17, 15) is 0 Å². The average molecular weight is 158 g/mol. The number of aromatic nitrogens is 1. The second kappa shape index (κ2) is 2.86. The van der Waals surface area contributed by atoms with Crippen molar-refractivity contribution in [2.75, 3.05) is 5.43 Å². The van der Waals surface area contributed by atoms with Crippen LogP contribution < -0.4 is 11.3 Å². The number of pyridine rings is 1. The molecule has 0 saturated heterocycles. The van der Waals surface area contributed by atoms with Gasteiger partial charge in [-0.15, -0.1) is 0 Å². The van der Waals surface area contributed by atoms with E-state index in [-0.39, 0.29) is 0 Å². The molecule has 54 valence electrons. The Hall–Kier alpha value is -0.800. The van der Waals surface area contributed by atoms with Crippen molar-refractivity contribution in [2.24, 2.45) is 5.84 Å². The zero-order valence-electron chi connectivity index (χ0n) is 5.56. The molecule has 0 aliphatic carbocycles. The monoisotopic (exact) mass is 157 g/mol. The summed E-state index contributed by atoms with van der Waals surface area (Å²) in [6, 6.07) is 3.47. The first-order valence-corrected chi connectivity index (χ1v) is 3.21. The van der Waals surface area contributed by atoms with Gasteiger partial charge in [-0.1, -0.05) is 11.6 Å². The maximum atomic E-state index is 5.62. The number of hydrogen-bond donors (Lipinski definition) is 2. The fraction of sp³-hybridized carbons (Fsp3) is 0.167. The Morgan fingerprint density at radius 3 is 2.80 bits per heavy atom. The Balaban J connectivity index is 3.06. The van der Waals surface area contributed by atoms with Crippen molar-refractivity contribution in [3.63, 3.8) is 0 Å². The minimum Gasteiger partial charge on any atom is -0.324 e. The maximum Gasteiger partial charge on any atom is 0.131 e. The zero-order valence-corrected chi connectivity index (χ0v) is 6.31. The van der Waals surface area contributed by atoms with Crippen LogP contribution in [0.1, 0.15) is 5.69 Å². The molecule has 3 N–H and O–H groups in total. The molecule has 4 heteroatoms. The Kier molecular flexibility index (Phi) is 2.09. The third-order valence-electron chi connectivity index (χ3n) is 1.09. The smallest absolute Gasteiger partial charge is 0.131 e. The van der Waals surface area contributed by atoms with Crippen molar-refractivity contribution < 1.29 is 0 Å². The molecule has 0 saturated carbocycles. The molecule has 10 heavy (non-hydrogen) atoms. The van der Waals surface area contributed by atoms with Crippen LogP contribution in [0, 0.1) is 6.92 Å². The summed E-state index contributed by atoms with van der Waals surface area (Å²) in [4.78, 5) is 3.95. The van der Waals surface area contributed by atoms with Crippen LogP contribution >= 0.6 is 11.6 Å². The summed E-state index contributed by atoms with van der Waals surface area (Å²) in [6.45, 7) is 1.85. The molecule has 0 unspecified atom stereocenters. The first-order valence-electron chi connectivity index (χ1n) is 2.83. The molecule has 0 aliphatic rings. The quantitative estimate of drug-likeness (QED) is 0.367. The number of aryl methyl sites for hydroxylation is 1. The van der Waals surface area contributed by atoms with E-state index >= 15 is 0 Å². The fourth-order valence-electron chi connectivity index (χ4n) is 0.711. The Morgan fingerprint density at radius 1 is 1.60 bits per heavy atom. The number of hydrazine groups is 1. The molecule has 0 aromatic carbocycles. The Labute approximate surface area is 64.2 Å². The summed E-state index contributed by atoms with van der Waals surface area (Å²) >= 11 is 5.62. The van der Waals surface area contributed by atoms with E-state index in [2.05, 4.69) is 10.4 Å². The van der Waals surface area contributed by atoms with Crippen LogP contribution in [-0.4, -0.2) is 4.98 Å². The first kappa shape index (κ1) is 7.31. The lowest BCUT2D eigenvalue weighted by Crippen LogP contribution is -2.06. The Bertz CT molecular complexity index is 216. The summed E-state index contributed by atoms with van der Waals surface area (Å²) in [7, 11) is 0. The van der Waals surface area contributed by atoms with Gasteiger partial charge in [-0.2, -0.15) is 0 Å². The number of hydrogen-bond acceptors (Lipinski definition) is 3. The van der Waals surface area contributed by atoms with E-state index in [1.165, 1.54) is 0 Å². The topological polar surface area (TPSA) is 50.9 Å². The van der Waals surface area contributed by atoms with Gasteiger partial charge in [-0.05, 0) is 19.1 Å². The number of nitrogens with one attached hydrogen (secondary N) is 1. The summed E-state index contributed by atoms with van der Waals surface area (Å²) < 4.78 is 0. The van der Waals surface area contributed by atoms with E-state index in [0.29, 0.717) is 5.15 Å². The van der Waals surface area contributed by atoms with Gasteiger partial charge in [0, 0.05) is 5.69 Å². The number of halogens is 1. The molecule has 0 radical (unpaired) electrons. The van der Waals surface area contributed by atoms with Gasteiger partial charge in [0.25, 0.3) is 0 Å². The minimum atomic E-state index is 0.452. The van der Waals surface area contributed by atoms with E-state index in [0.717, 1.165) is 11.4 Å². The molecule has 0 atom stereocenters. The second-order valence-corrected chi connectivity index (χ2v) is 2.35. The van der Waals surface area contributed by atoms with Gasteiger partial charge < -0.3 is 5.43 Å². The molecule has 0 aliphatic heterocycles. The van der Waals surface area contributed by atoms with Crippen molar-refractivity contribution in [3.8, 4) is 0 Å². The molecule has 1 aromatic rings. The predicted octanol–water partition coefficient (Wildman–Crippen LogP) is 1.33. The number of nitrogen functional groups attached to an aromatic ring is 1. The third-order valence-corrected chi connectivity index (χ3v) is 1.28. The Morgan fingerprint density at radius 2 is 2.30 bits per heavy atom. The SMILES string of the molecule is Cc1cc(NN)cc(Cl)n1. The molecule has 1 aromatic heterocycles. The number of rotatable bonds is 1. The van der Waals surface area contributed by atoms with Crippen LogP contribution in [0.25, 0.3) is 0 Å². The van der Waals surface area contributed by atoms with Crippen molar-refractivity contribution in [1.29, 1.82) is 0 Å². The fourth-order valence-corrected chi connectivity index (χ4v) is 0.962. The van der Waals surface area contributed by atoms with Gasteiger partial charge in [-0.25, -0.2) is 4.98 Å². The normalized spacial score (nSPS) is 9.50. The maximum absolute atomic E-state index is 5.62. The molecule has 0 bridgehead atoms. The summed E-state index contributed by atoms with van der Waals surface area (Å²) in [5, 5.41) is 0.452. The molecule has 1 rings (SSSR count). The highest BCUT2D eigenvalue weighted by Gasteiger charge is 1.93. The van der Waals surface area contributed by atoms with Crippen molar-refractivity contribution in [3.05, 3.63) is 23.0 Å². The lowest BCUT2D eigenvalue weighted by atomic mass is 10.3. The summed E-state index contributed by atoms with van der Waals surface area (Å²) in [5.74, 6) is 5.15. The lowest BCUT2D eigenvalue weighted by molar-refractivity contribution is 1.19. The molecule has 0 amide bonds. The van der Waals surface area contributed by atoms with Gasteiger partial charge in [0.05, 0.1) is 5.69 Å². The molecule has 3 nitrogen and oxygen atoms in total. The first-order chi connectivity index (χ1) is 4.72. The number of nitrogens with two attached hydrogens (primary N) is 1. The van der Waals surface area contributed by atoms with E-state index in [1.807, 2.05) is 13.0 Å². The molecule has 0 fully saturated rings. The van der Waals surface area contributed by atoms with Gasteiger partial charge in [0.2, 0.25) is 0 Å². The lowest BCUT2D eigenvalue weighted by Gasteiger charge is -2.00. The van der Waals surface area contributed by atoms with Crippen LogP contribution in [0.5, 0.6) is 0 Å². The van der Waals surface area contributed by atoms with Crippen molar-refractivity contribution in [1.82, 2.24) is 4.98 Å². The van der Waals surface area contributed by atoms with Gasteiger partial charge >= 0.3 is 0 Å². The van der Waals surface area contributed by atoms with Crippen LogP contribution in [-0.2, 0) is 0 Å². The summed E-state index contributed by atoms with van der Waals surface area (Å²) in [5.41, 5.74) is 4.11. The van der Waals surface area contributed by atoms with Crippen molar-refractivity contribution >= 4 is 17.3 Å². The highest BCUT2D eigenvalue weighted by atomic mass is 35.5. The highest BCUT2D eigenvalue weighted by molar-refractivity contribution is 6.29. The van der Waals surface area contributed by atoms with Crippen LogP contribution in [0.4, 0.5) is 5.69 Å². The van der Waals surface area contributed by atoms with Crippen LogP contribution in [0.15, 0.2) is 12.1 Å². The zero-order chi connectivity index (χ0) is 7.56. The standard InChI is InChI=1S/C6H8ClN3/c1-4-2-5(10-8)3-6(7)9-4/h2-3H,8H2,1H3,(H,9,10). The van der Waals surface area contributed by atoms with Crippen molar-refractivity contribution in [2.45, 2.75) is 6.92 Å². The summed E-state index contributed by atoms with van der Waals surface area (Å²) in [6.07, 6.45) is 0. The van der Waals surface area contributed by atoms with E-state index in [1.54, 1.807) is 6.07 Å². The predicted molar refractivity (Wildman–Crippen MR) is 41.8 cm³/mol. The molecular weight excluding hydrogens is 150 g/mol. The van der Waals surface area contributed by atoms with Crippen LogP contribution in [0.2, 0.25) is 5.15 Å². The molecule has 0 spiro atoms. The van der Waals surface area contributed by atoms with Gasteiger partial charge in [0.15, 0.2) is 0 Å². The van der Waals surface area contributed by atoms with Gasteiger partial charge in [-0.3, -0.25) is 5.84 Å². The second-order valence-electron chi connectivity index (χ2n) is 1.96. The molecule has 1 heterocycles. The number of anilines is 1. The molecular formula is C6H8ClN3. The van der Waals surface area contributed by atoms with Gasteiger partial charge in [0.1, 0.15) is 5.15 Å². The largest absolute Gasteiger partial charge is 0.324 e. The highest BCUT2D eigenvalue weighted by Crippen LogP contribution is 2.12. The van der Waals surface area contributed by atoms with Crippen LogP contribution in [0.3, 0.4) is 0 Å². The average Bonchev–Trinajstić information content (AvgIpc) is 1.85. The minimum absolute atomic E-state index is 0.452. The third kappa shape index (κ3) is 1.59.